The van der Waals surface area contributed by atoms with Crippen molar-refractivity contribution in [3.05, 3.63) is 35.4 Å². The van der Waals surface area contributed by atoms with Gasteiger partial charge < -0.3 is 5.32 Å². The van der Waals surface area contributed by atoms with E-state index in [2.05, 4.69) is 5.32 Å². The van der Waals surface area contributed by atoms with Gasteiger partial charge >= 0.3 is 0 Å². The Morgan fingerprint density at radius 3 is 2.35 bits per heavy atom. The van der Waals surface area contributed by atoms with Crippen molar-refractivity contribution < 1.29 is 9.59 Å². The molecular weight excluding hydrogens is 214 g/mol. The van der Waals surface area contributed by atoms with Crippen LogP contribution >= 0.6 is 0 Å². The predicted octanol–water partition coefficient (Wildman–Crippen LogP) is 2.56. The molecule has 1 aliphatic carbocycles. The van der Waals surface area contributed by atoms with Gasteiger partial charge in [-0.25, -0.2) is 0 Å². The summed E-state index contributed by atoms with van der Waals surface area (Å²) >= 11 is 0. The van der Waals surface area contributed by atoms with Crippen LogP contribution < -0.4 is 5.32 Å². The molecule has 1 saturated carbocycles. The van der Waals surface area contributed by atoms with Crippen molar-refractivity contribution in [2.45, 2.75) is 38.1 Å². The van der Waals surface area contributed by atoms with E-state index in [-0.39, 0.29) is 5.91 Å². The molecule has 3 nitrogen and oxygen atoms in total. The summed E-state index contributed by atoms with van der Waals surface area (Å²) in [6, 6.07) is 7.05. The van der Waals surface area contributed by atoms with Gasteiger partial charge in [0.2, 0.25) is 0 Å². The summed E-state index contributed by atoms with van der Waals surface area (Å²) < 4.78 is 0. The van der Waals surface area contributed by atoms with E-state index in [0.717, 1.165) is 19.1 Å². The van der Waals surface area contributed by atoms with E-state index in [1.807, 2.05) is 0 Å². The zero-order chi connectivity index (χ0) is 12.1. The predicted molar refractivity (Wildman–Crippen MR) is 66.2 cm³/mol. The second-order valence-electron chi connectivity index (χ2n) is 4.55. The minimum absolute atomic E-state index is 0.0330. The first kappa shape index (κ1) is 11.8. The number of benzene rings is 1. The molecule has 1 aromatic rings. The maximum absolute atomic E-state index is 11.9. The fraction of sp³-hybridized carbons (Fsp3) is 0.429. The molecule has 0 aliphatic heterocycles. The maximum Gasteiger partial charge on any atom is 0.251 e. The Morgan fingerprint density at radius 1 is 1.12 bits per heavy atom. The zero-order valence-corrected chi connectivity index (χ0v) is 9.82. The lowest BCUT2D eigenvalue weighted by molar-refractivity contribution is 0.0927. The number of carbonyl (C=O) groups excluding carboxylic acids is 2. The summed E-state index contributed by atoms with van der Waals surface area (Å²) in [7, 11) is 0. The van der Waals surface area contributed by atoms with Gasteiger partial charge in [-0.05, 0) is 25.0 Å². The Morgan fingerprint density at radius 2 is 1.76 bits per heavy atom. The molecule has 90 valence electrons. The monoisotopic (exact) mass is 231 g/mol. The third kappa shape index (κ3) is 3.16. The van der Waals surface area contributed by atoms with Crippen LogP contribution in [0, 0.1) is 0 Å². The van der Waals surface area contributed by atoms with Crippen molar-refractivity contribution >= 4 is 12.2 Å². The van der Waals surface area contributed by atoms with E-state index in [0.29, 0.717) is 17.2 Å². The van der Waals surface area contributed by atoms with E-state index < -0.39 is 0 Å². The van der Waals surface area contributed by atoms with Crippen LogP contribution in [-0.2, 0) is 0 Å². The van der Waals surface area contributed by atoms with Gasteiger partial charge in [0.1, 0.15) is 6.29 Å². The number of carbonyl (C=O) groups is 2. The normalized spacial score (nSPS) is 16.5. The molecule has 3 heteroatoms. The number of hydrogen-bond acceptors (Lipinski definition) is 2. The van der Waals surface area contributed by atoms with Crippen molar-refractivity contribution in [1.82, 2.24) is 5.32 Å². The molecule has 1 fully saturated rings. The van der Waals surface area contributed by atoms with Gasteiger partial charge in [0.15, 0.2) is 0 Å². The Balaban J connectivity index is 1.95. The summed E-state index contributed by atoms with van der Waals surface area (Å²) in [6.45, 7) is 0. The minimum atomic E-state index is -0.0330. The number of amides is 1. The van der Waals surface area contributed by atoms with Crippen molar-refractivity contribution in [1.29, 1.82) is 0 Å². The minimum Gasteiger partial charge on any atom is -0.349 e. The van der Waals surface area contributed by atoms with Gasteiger partial charge in [0, 0.05) is 17.2 Å². The Hall–Kier alpha value is -1.64. The number of nitrogens with one attached hydrogen (secondary N) is 1. The van der Waals surface area contributed by atoms with E-state index in [1.54, 1.807) is 24.3 Å². The zero-order valence-electron chi connectivity index (χ0n) is 9.82. The summed E-state index contributed by atoms with van der Waals surface area (Å²) in [5.41, 5.74) is 1.22. The van der Waals surface area contributed by atoms with Gasteiger partial charge in [-0.15, -0.1) is 0 Å². The molecule has 0 aromatic heterocycles. The highest BCUT2D eigenvalue weighted by Gasteiger charge is 2.16. The SMILES string of the molecule is O=Cc1ccc(C(=O)NC2CCCCC2)cc1. The Bertz CT molecular complexity index is 391. The lowest BCUT2D eigenvalue weighted by Gasteiger charge is -2.22. The van der Waals surface area contributed by atoms with Crippen molar-refractivity contribution in [3.8, 4) is 0 Å². The molecule has 0 saturated heterocycles. The van der Waals surface area contributed by atoms with Crippen LogP contribution in [0.1, 0.15) is 52.8 Å². The second kappa shape index (κ2) is 5.62. The quantitative estimate of drug-likeness (QED) is 0.813. The molecule has 0 unspecified atom stereocenters. The molecule has 0 radical (unpaired) electrons. The number of hydrogen-bond donors (Lipinski definition) is 1. The molecular formula is C14H17NO2. The van der Waals surface area contributed by atoms with Gasteiger partial charge in [0.05, 0.1) is 0 Å². The van der Waals surface area contributed by atoms with Crippen molar-refractivity contribution in [2.24, 2.45) is 0 Å². The fourth-order valence-electron chi connectivity index (χ4n) is 2.23. The molecule has 0 spiro atoms. The van der Waals surface area contributed by atoms with E-state index in [1.165, 1.54) is 19.3 Å². The van der Waals surface area contributed by atoms with Crippen LogP contribution in [0.2, 0.25) is 0 Å². The average molecular weight is 231 g/mol. The number of rotatable bonds is 3. The topological polar surface area (TPSA) is 46.2 Å². The van der Waals surface area contributed by atoms with Crippen LogP contribution in [0.4, 0.5) is 0 Å². The van der Waals surface area contributed by atoms with E-state index in [4.69, 9.17) is 0 Å². The number of aldehydes is 1. The highest BCUT2D eigenvalue weighted by molar-refractivity contribution is 5.95. The van der Waals surface area contributed by atoms with Gasteiger partial charge in [-0.2, -0.15) is 0 Å². The standard InChI is InChI=1S/C14H17NO2/c16-10-11-6-8-12(9-7-11)14(17)15-13-4-2-1-3-5-13/h6-10,13H,1-5H2,(H,15,17). The molecule has 1 aromatic carbocycles. The fourth-order valence-corrected chi connectivity index (χ4v) is 2.23. The summed E-state index contributed by atoms with van der Waals surface area (Å²) in [5.74, 6) is -0.0330. The van der Waals surface area contributed by atoms with Crippen LogP contribution in [0.15, 0.2) is 24.3 Å². The second-order valence-corrected chi connectivity index (χ2v) is 4.55. The first-order valence-electron chi connectivity index (χ1n) is 6.16. The molecule has 1 amide bonds. The van der Waals surface area contributed by atoms with Crippen LogP contribution in [0.25, 0.3) is 0 Å². The Labute approximate surface area is 101 Å². The lowest BCUT2D eigenvalue weighted by Crippen LogP contribution is -2.36. The molecule has 0 bridgehead atoms. The third-order valence-electron chi connectivity index (χ3n) is 3.25. The summed E-state index contributed by atoms with van der Waals surface area (Å²) in [6.07, 6.45) is 6.63. The van der Waals surface area contributed by atoms with E-state index >= 15 is 0 Å². The van der Waals surface area contributed by atoms with Crippen LogP contribution in [-0.4, -0.2) is 18.2 Å². The smallest absolute Gasteiger partial charge is 0.251 e. The first-order chi connectivity index (χ1) is 8.29. The lowest BCUT2D eigenvalue weighted by atomic mass is 9.95. The average Bonchev–Trinajstić information content (AvgIpc) is 2.40. The van der Waals surface area contributed by atoms with Gasteiger partial charge in [0.25, 0.3) is 5.91 Å². The molecule has 2 rings (SSSR count). The molecule has 1 aliphatic rings. The highest BCUT2D eigenvalue weighted by atomic mass is 16.1. The molecule has 1 N–H and O–H groups in total. The van der Waals surface area contributed by atoms with Crippen LogP contribution in [0.5, 0.6) is 0 Å². The van der Waals surface area contributed by atoms with Crippen molar-refractivity contribution in [2.75, 3.05) is 0 Å². The largest absolute Gasteiger partial charge is 0.349 e. The van der Waals surface area contributed by atoms with Crippen LogP contribution in [0.3, 0.4) is 0 Å². The highest BCUT2D eigenvalue weighted by Crippen LogP contribution is 2.17. The van der Waals surface area contributed by atoms with E-state index in [9.17, 15) is 9.59 Å². The van der Waals surface area contributed by atoms with Gasteiger partial charge in [-0.1, -0.05) is 31.4 Å². The summed E-state index contributed by atoms with van der Waals surface area (Å²) in [4.78, 5) is 22.4. The van der Waals surface area contributed by atoms with Crippen molar-refractivity contribution in [3.63, 3.8) is 0 Å². The third-order valence-corrected chi connectivity index (χ3v) is 3.25. The molecule has 17 heavy (non-hydrogen) atoms. The molecule has 0 heterocycles. The molecule has 0 atom stereocenters. The van der Waals surface area contributed by atoms with Gasteiger partial charge in [-0.3, -0.25) is 9.59 Å². The maximum atomic E-state index is 11.9. The Kier molecular flexibility index (Phi) is 3.91. The first-order valence-corrected chi connectivity index (χ1v) is 6.16. The summed E-state index contributed by atoms with van der Waals surface area (Å²) in [5, 5.41) is 3.05.